The number of hydrogen-bond donors (Lipinski definition) is 1. The number of carbonyl (C=O) groups is 1. The topological polar surface area (TPSA) is 85.7 Å². The van der Waals surface area contributed by atoms with E-state index in [-0.39, 0.29) is 17.3 Å². The van der Waals surface area contributed by atoms with Crippen LogP contribution in [0.25, 0.3) is 0 Å². The van der Waals surface area contributed by atoms with Crippen molar-refractivity contribution < 1.29 is 4.79 Å². The number of carbonyl (C=O) groups excluding carboxylic acids is 1. The van der Waals surface area contributed by atoms with Crippen LogP contribution in [0.15, 0.2) is 15.7 Å². The van der Waals surface area contributed by atoms with E-state index in [2.05, 4.69) is 9.89 Å². The smallest absolute Gasteiger partial charge is 0.271 e. The fourth-order valence-electron chi connectivity index (χ4n) is 1.71. The maximum atomic E-state index is 11.9. The standard InChI is InChI=1S/C12H18ClN5O/c1-17-6-3-5-16-9(8-17)10(13)11(15)12(19)18(2)7-4-14/h3,5-8,15H2,1-2H3/b11-10+. The van der Waals surface area contributed by atoms with Crippen LogP contribution in [-0.2, 0) is 4.79 Å². The van der Waals surface area contributed by atoms with Gasteiger partial charge in [-0.2, -0.15) is 5.26 Å². The van der Waals surface area contributed by atoms with Crippen molar-refractivity contribution in [1.82, 2.24) is 9.80 Å². The minimum absolute atomic E-state index is 0.0317. The van der Waals surface area contributed by atoms with Crippen molar-refractivity contribution in [2.45, 2.75) is 6.42 Å². The van der Waals surface area contributed by atoms with Crippen LogP contribution in [0.5, 0.6) is 0 Å². The molecule has 104 valence electrons. The molecule has 0 aliphatic carbocycles. The Kier molecular flexibility index (Phi) is 5.80. The minimum atomic E-state index is -0.457. The summed E-state index contributed by atoms with van der Waals surface area (Å²) in [7, 11) is 3.47. The highest BCUT2D eigenvalue weighted by Gasteiger charge is 2.20. The van der Waals surface area contributed by atoms with Gasteiger partial charge in [0.2, 0.25) is 0 Å². The number of likely N-dealkylation sites (N-methyl/N-ethyl adjacent to an activating group) is 1. The van der Waals surface area contributed by atoms with Gasteiger partial charge >= 0.3 is 0 Å². The average molecular weight is 284 g/mol. The predicted molar refractivity (Wildman–Crippen MR) is 74.7 cm³/mol. The first-order valence-corrected chi connectivity index (χ1v) is 6.35. The van der Waals surface area contributed by atoms with Gasteiger partial charge in [0.15, 0.2) is 0 Å². The average Bonchev–Trinajstić information content (AvgIpc) is 2.61. The van der Waals surface area contributed by atoms with Gasteiger partial charge in [-0.25, -0.2) is 0 Å². The molecule has 2 N–H and O–H groups in total. The van der Waals surface area contributed by atoms with Crippen LogP contribution in [0.1, 0.15) is 6.42 Å². The van der Waals surface area contributed by atoms with Crippen LogP contribution in [0.2, 0.25) is 0 Å². The normalized spacial score (nSPS) is 17.9. The summed E-state index contributed by atoms with van der Waals surface area (Å²) in [6, 6.07) is 1.88. The SMILES string of the molecule is CN1CCCN=C(/C(Cl)=C(\N)C(=O)N(C)CC#N)C1. The molecule has 6 nitrogen and oxygen atoms in total. The van der Waals surface area contributed by atoms with Crippen molar-refractivity contribution in [2.75, 3.05) is 40.3 Å². The summed E-state index contributed by atoms with van der Waals surface area (Å²) >= 11 is 6.15. The molecule has 7 heteroatoms. The van der Waals surface area contributed by atoms with Crippen LogP contribution >= 0.6 is 11.6 Å². The van der Waals surface area contributed by atoms with Gasteiger partial charge in [-0.15, -0.1) is 0 Å². The van der Waals surface area contributed by atoms with Gasteiger partial charge in [-0.1, -0.05) is 11.6 Å². The zero-order chi connectivity index (χ0) is 14.4. The number of amides is 1. The Balaban J connectivity index is 2.91. The summed E-state index contributed by atoms with van der Waals surface area (Å²) in [6.07, 6.45) is 0.951. The number of nitrogens with zero attached hydrogens (tertiary/aromatic N) is 4. The minimum Gasteiger partial charge on any atom is -0.393 e. The third kappa shape index (κ3) is 4.23. The van der Waals surface area contributed by atoms with Gasteiger partial charge in [0.1, 0.15) is 12.2 Å². The Bertz CT molecular complexity index is 452. The van der Waals surface area contributed by atoms with Crippen molar-refractivity contribution in [2.24, 2.45) is 10.7 Å². The third-order valence-corrected chi connectivity index (χ3v) is 3.22. The fraction of sp³-hybridized carbons (Fsp3) is 0.583. The molecule has 1 aliphatic rings. The maximum Gasteiger partial charge on any atom is 0.271 e. The van der Waals surface area contributed by atoms with Crippen LogP contribution in [0.3, 0.4) is 0 Å². The molecular formula is C12H18ClN5O. The first kappa shape index (κ1) is 15.5. The van der Waals surface area contributed by atoms with Crippen LogP contribution < -0.4 is 5.73 Å². The molecule has 0 aromatic heterocycles. The number of rotatable bonds is 3. The lowest BCUT2D eigenvalue weighted by Gasteiger charge is -2.17. The Labute approximate surface area is 118 Å². The summed E-state index contributed by atoms with van der Waals surface area (Å²) < 4.78 is 0. The largest absolute Gasteiger partial charge is 0.393 e. The van der Waals surface area contributed by atoms with E-state index >= 15 is 0 Å². The van der Waals surface area contributed by atoms with Crippen LogP contribution in [-0.4, -0.2) is 61.7 Å². The number of nitriles is 1. The Morgan fingerprint density at radius 1 is 1.68 bits per heavy atom. The molecule has 1 heterocycles. The van der Waals surface area contributed by atoms with Gasteiger partial charge in [-0.3, -0.25) is 9.79 Å². The maximum absolute atomic E-state index is 11.9. The molecule has 0 saturated carbocycles. The van der Waals surface area contributed by atoms with E-state index < -0.39 is 5.91 Å². The first-order valence-electron chi connectivity index (χ1n) is 5.97. The molecule has 0 atom stereocenters. The van der Waals surface area contributed by atoms with E-state index in [0.717, 1.165) is 13.0 Å². The highest BCUT2D eigenvalue weighted by atomic mass is 35.5. The molecule has 1 aliphatic heterocycles. The van der Waals surface area contributed by atoms with Gasteiger partial charge in [-0.05, 0) is 13.5 Å². The van der Waals surface area contributed by atoms with Crippen LogP contribution in [0, 0.1) is 11.3 Å². The van der Waals surface area contributed by atoms with E-state index in [1.165, 1.54) is 11.9 Å². The second-order valence-corrected chi connectivity index (χ2v) is 4.84. The fourth-order valence-corrected chi connectivity index (χ4v) is 1.91. The van der Waals surface area contributed by atoms with E-state index in [9.17, 15) is 4.79 Å². The predicted octanol–water partition coefficient (Wildman–Crippen LogP) is 0.154. The highest BCUT2D eigenvalue weighted by Crippen LogP contribution is 2.13. The Hall–Kier alpha value is -1.58. The van der Waals surface area contributed by atoms with E-state index in [0.29, 0.717) is 18.8 Å². The number of nitrogens with two attached hydrogens (primary N) is 1. The zero-order valence-electron chi connectivity index (χ0n) is 11.2. The van der Waals surface area contributed by atoms with Crippen molar-refractivity contribution in [3.8, 4) is 6.07 Å². The number of aliphatic imine (C=N–C) groups is 1. The third-order valence-electron chi connectivity index (χ3n) is 2.80. The van der Waals surface area contributed by atoms with Gasteiger partial charge in [0, 0.05) is 26.7 Å². The van der Waals surface area contributed by atoms with E-state index in [1.807, 2.05) is 13.1 Å². The second kappa shape index (κ2) is 7.12. The molecular weight excluding hydrogens is 266 g/mol. The summed E-state index contributed by atoms with van der Waals surface area (Å²) in [4.78, 5) is 19.6. The van der Waals surface area contributed by atoms with Crippen molar-refractivity contribution in [1.29, 1.82) is 5.26 Å². The van der Waals surface area contributed by atoms with Gasteiger partial charge in [0.25, 0.3) is 5.91 Å². The van der Waals surface area contributed by atoms with Crippen molar-refractivity contribution in [3.63, 3.8) is 0 Å². The number of hydrogen-bond acceptors (Lipinski definition) is 5. The lowest BCUT2D eigenvalue weighted by molar-refractivity contribution is -0.125. The Morgan fingerprint density at radius 3 is 3.00 bits per heavy atom. The molecule has 0 bridgehead atoms. The summed E-state index contributed by atoms with van der Waals surface area (Å²) in [5.41, 5.74) is 6.33. The number of halogens is 1. The quantitative estimate of drug-likeness (QED) is 0.590. The highest BCUT2D eigenvalue weighted by molar-refractivity contribution is 6.45. The lowest BCUT2D eigenvalue weighted by atomic mass is 10.2. The molecule has 0 fully saturated rings. The Morgan fingerprint density at radius 2 is 2.37 bits per heavy atom. The van der Waals surface area contributed by atoms with Gasteiger partial charge < -0.3 is 15.5 Å². The van der Waals surface area contributed by atoms with E-state index in [4.69, 9.17) is 22.6 Å². The molecule has 0 radical (unpaired) electrons. The molecule has 0 spiro atoms. The summed E-state index contributed by atoms with van der Waals surface area (Å²) in [6.45, 7) is 2.13. The van der Waals surface area contributed by atoms with Gasteiger partial charge in [0.05, 0.1) is 16.8 Å². The molecule has 0 saturated heterocycles. The van der Waals surface area contributed by atoms with E-state index in [1.54, 1.807) is 0 Å². The molecule has 1 rings (SSSR count). The first-order chi connectivity index (χ1) is 8.97. The molecule has 0 aromatic rings. The van der Waals surface area contributed by atoms with Crippen molar-refractivity contribution >= 4 is 23.2 Å². The molecule has 1 amide bonds. The van der Waals surface area contributed by atoms with Crippen LogP contribution in [0.4, 0.5) is 0 Å². The monoisotopic (exact) mass is 283 g/mol. The summed E-state index contributed by atoms with van der Waals surface area (Å²) in [5, 5.41) is 8.75. The molecule has 0 aromatic carbocycles. The molecule has 19 heavy (non-hydrogen) atoms. The zero-order valence-corrected chi connectivity index (χ0v) is 11.9. The lowest BCUT2D eigenvalue weighted by Crippen LogP contribution is -2.34. The summed E-state index contributed by atoms with van der Waals surface area (Å²) in [5.74, 6) is -0.457. The second-order valence-electron chi connectivity index (χ2n) is 4.47. The van der Waals surface area contributed by atoms with Crippen molar-refractivity contribution in [3.05, 3.63) is 10.7 Å². The molecule has 0 unspecified atom stereocenters.